The number of fused-ring (bicyclic) bond motifs is 2. The zero-order chi connectivity index (χ0) is 25.1. The number of rotatable bonds is 7. The summed E-state index contributed by atoms with van der Waals surface area (Å²) in [7, 11) is 1.86. The maximum Gasteiger partial charge on any atom is 0.216 e. The van der Waals surface area contributed by atoms with Crippen molar-refractivity contribution in [2.45, 2.75) is 6.92 Å². The first kappa shape index (κ1) is 23.6. The molecule has 0 saturated heterocycles. The van der Waals surface area contributed by atoms with Gasteiger partial charge in [-0.15, -0.1) is 0 Å². The molecule has 1 aliphatic rings. The number of hydrogen-bond donors (Lipinski definition) is 2. The Morgan fingerprint density at radius 1 is 1.19 bits per heavy atom. The van der Waals surface area contributed by atoms with Gasteiger partial charge < -0.3 is 20.1 Å². The van der Waals surface area contributed by atoms with Crippen LogP contribution < -0.4 is 20.1 Å². The molecule has 1 amide bonds. The van der Waals surface area contributed by atoms with E-state index in [1.807, 2.05) is 49.5 Å². The molecule has 36 heavy (non-hydrogen) atoms. The number of benzene rings is 2. The van der Waals surface area contributed by atoms with Crippen LogP contribution >= 0.6 is 11.6 Å². The molecule has 0 aliphatic carbocycles. The smallest absolute Gasteiger partial charge is 0.216 e. The summed E-state index contributed by atoms with van der Waals surface area (Å²) >= 11 is 6.83. The van der Waals surface area contributed by atoms with Gasteiger partial charge in [-0.2, -0.15) is 5.10 Å². The van der Waals surface area contributed by atoms with Crippen LogP contribution in [0, 0.1) is 0 Å². The second-order valence-electron chi connectivity index (χ2n) is 8.28. The molecule has 1 aliphatic heterocycles. The van der Waals surface area contributed by atoms with Crippen molar-refractivity contribution in [2.75, 3.05) is 31.6 Å². The van der Waals surface area contributed by atoms with Crippen molar-refractivity contribution in [3.63, 3.8) is 0 Å². The minimum atomic E-state index is -0.0693. The Kier molecular flexibility index (Phi) is 6.73. The fourth-order valence-corrected chi connectivity index (χ4v) is 4.24. The van der Waals surface area contributed by atoms with Crippen LogP contribution in [0.2, 0.25) is 5.02 Å². The number of nitrogens with zero attached hydrogens (tertiary/aromatic N) is 4. The summed E-state index contributed by atoms with van der Waals surface area (Å²) in [5.74, 6) is 1.98. The van der Waals surface area contributed by atoms with Gasteiger partial charge >= 0.3 is 0 Å². The molecule has 0 spiro atoms. The first-order valence-corrected chi connectivity index (χ1v) is 11.9. The first-order chi connectivity index (χ1) is 17.5. The monoisotopic (exact) mass is 504 g/mol. The molecule has 4 aromatic rings. The lowest BCUT2D eigenvalue weighted by molar-refractivity contribution is -0.118. The van der Waals surface area contributed by atoms with Gasteiger partial charge in [0.05, 0.1) is 22.8 Å². The number of carbonyl (C=O) groups is 1. The van der Waals surface area contributed by atoms with Gasteiger partial charge in [-0.3, -0.25) is 14.5 Å². The fourth-order valence-electron chi connectivity index (χ4n) is 3.96. The molecular weight excluding hydrogens is 480 g/mol. The number of halogens is 1. The van der Waals surface area contributed by atoms with E-state index in [0.29, 0.717) is 48.4 Å². The highest BCUT2D eigenvalue weighted by molar-refractivity contribution is 6.36. The normalized spacial score (nSPS) is 12.8. The predicted octanol–water partition coefficient (Wildman–Crippen LogP) is 4.36. The highest BCUT2D eigenvalue weighted by Gasteiger charge is 2.17. The molecule has 0 bridgehead atoms. The number of anilines is 2. The number of ether oxygens (including phenoxy) is 2. The third-order valence-corrected chi connectivity index (χ3v) is 6.08. The maximum absolute atomic E-state index is 11.0. The zero-order valence-corrected chi connectivity index (χ0v) is 20.7. The highest BCUT2D eigenvalue weighted by Crippen LogP contribution is 2.40. The van der Waals surface area contributed by atoms with Crippen LogP contribution in [0.5, 0.6) is 11.5 Å². The number of aryl methyl sites for hydroxylation is 1. The Balaban J connectivity index is 1.38. The van der Waals surface area contributed by atoms with E-state index in [1.165, 1.54) is 6.92 Å². The van der Waals surface area contributed by atoms with Crippen molar-refractivity contribution >= 4 is 46.3 Å². The van der Waals surface area contributed by atoms with Crippen LogP contribution in [-0.4, -0.2) is 53.2 Å². The minimum Gasteiger partial charge on any atom is -0.486 e. The molecule has 0 atom stereocenters. The average molecular weight is 505 g/mol. The Morgan fingerprint density at radius 2 is 2.03 bits per heavy atom. The maximum atomic E-state index is 11.0. The Bertz CT molecular complexity index is 1470. The van der Waals surface area contributed by atoms with E-state index in [9.17, 15) is 4.79 Å². The summed E-state index contributed by atoms with van der Waals surface area (Å²) in [4.78, 5) is 19.9. The van der Waals surface area contributed by atoms with E-state index in [1.54, 1.807) is 17.1 Å². The van der Waals surface area contributed by atoms with Gasteiger partial charge in [0.2, 0.25) is 5.91 Å². The lowest BCUT2D eigenvalue weighted by Gasteiger charge is -2.19. The SMILES string of the molecule is CC(=O)NCCN=Cc1cnc2c(Nc3cccc(-c4ccc5c(c4)OCCO5)c3Cl)nn(C)c2c1. The van der Waals surface area contributed by atoms with Crippen LogP contribution in [-0.2, 0) is 11.8 Å². The number of nitrogens with one attached hydrogen (secondary N) is 2. The van der Waals surface area contributed by atoms with Crippen molar-refractivity contribution < 1.29 is 14.3 Å². The van der Waals surface area contributed by atoms with Crippen molar-refractivity contribution in [3.05, 3.63) is 59.2 Å². The predicted molar refractivity (Wildman–Crippen MR) is 141 cm³/mol. The molecule has 0 radical (unpaired) electrons. The fraction of sp³-hybridized carbons (Fsp3) is 0.231. The molecule has 184 valence electrons. The van der Waals surface area contributed by atoms with Gasteiger partial charge in [0.1, 0.15) is 18.7 Å². The quantitative estimate of drug-likeness (QED) is 0.286. The van der Waals surface area contributed by atoms with Crippen molar-refractivity contribution in [3.8, 4) is 22.6 Å². The van der Waals surface area contributed by atoms with Gasteiger partial charge in [0.15, 0.2) is 17.3 Å². The van der Waals surface area contributed by atoms with Crippen LogP contribution in [0.3, 0.4) is 0 Å². The zero-order valence-electron chi connectivity index (χ0n) is 19.9. The number of carbonyl (C=O) groups excluding carboxylic acids is 1. The topological polar surface area (TPSA) is 103 Å². The summed E-state index contributed by atoms with van der Waals surface area (Å²) in [6.07, 6.45) is 3.48. The summed E-state index contributed by atoms with van der Waals surface area (Å²) in [5.41, 5.74) is 4.92. The molecule has 2 N–H and O–H groups in total. The largest absolute Gasteiger partial charge is 0.486 e. The number of pyridine rings is 1. The third-order valence-electron chi connectivity index (χ3n) is 5.67. The van der Waals surface area contributed by atoms with E-state index >= 15 is 0 Å². The van der Waals surface area contributed by atoms with E-state index in [0.717, 1.165) is 33.6 Å². The van der Waals surface area contributed by atoms with Crippen LogP contribution in [0.1, 0.15) is 12.5 Å². The number of aliphatic imine (C=N–C) groups is 1. The third kappa shape index (κ3) is 4.96. The molecule has 5 rings (SSSR count). The lowest BCUT2D eigenvalue weighted by atomic mass is 10.0. The molecule has 2 aromatic carbocycles. The first-order valence-electron chi connectivity index (χ1n) is 11.5. The molecule has 10 heteroatoms. The molecule has 3 heterocycles. The molecule has 0 saturated carbocycles. The Hall–Kier alpha value is -4.11. The number of aromatic nitrogens is 3. The second-order valence-corrected chi connectivity index (χ2v) is 8.66. The molecule has 2 aromatic heterocycles. The van der Waals surface area contributed by atoms with Gasteiger partial charge in [-0.1, -0.05) is 29.8 Å². The molecule has 0 fully saturated rings. The van der Waals surface area contributed by atoms with Crippen LogP contribution in [0.15, 0.2) is 53.7 Å². The summed E-state index contributed by atoms with van der Waals surface area (Å²) in [6.45, 7) is 3.54. The van der Waals surface area contributed by atoms with Gasteiger partial charge in [0.25, 0.3) is 0 Å². The van der Waals surface area contributed by atoms with Crippen molar-refractivity contribution in [1.29, 1.82) is 0 Å². The molecule has 0 unspecified atom stereocenters. The summed E-state index contributed by atoms with van der Waals surface area (Å²) < 4.78 is 13.1. The van der Waals surface area contributed by atoms with Gasteiger partial charge in [0, 0.05) is 44.1 Å². The second kappa shape index (κ2) is 10.2. The Labute approximate surface area is 213 Å². The van der Waals surface area contributed by atoms with E-state index in [4.69, 9.17) is 21.1 Å². The minimum absolute atomic E-state index is 0.0693. The highest BCUT2D eigenvalue weighted by atomic mass is 35.5. The summed E-state index contributed by atoms with van der Waals surface area (Å²) in [6, 6.07) is 13.6. The van der Waals surface area contributed by atoms with E-state index in [-0.39, 0.29) is 5.91 Å². The van der Waals surface area contributed by atoms with Crippen molar-refractivity contribution in [1.82, 2.24) is 20.1 Å². The number of amides is 1. The van der Waals surface area contributed by atoms with Gasteiger partial charge in [-0.05, 0) is 29.8 Å². The van der Waals surface area contributed by atoms with Crippen LogP contribution in [0.25, 0.3) is 22.2 Å². The van der Waals surface area contributed by atoms with Crippen molar-refractivity contribution in [2.24, 2.45) is 12.0 Å². The van der Waals surface area contributed by atoms with Gasteiger partial charge in [-0.25, -0.2) is 4.98 Å². The number of hydrogen-bond acceptors (Lipinski definition) is 7. The Morgan fingerprint density at radius 3 is 2.86 bits per heavy atom. The van der Waals surface area contributed by atoms with E-state index < -0.39 is 0 Å². The molecule has 9 nitrogen and oxygen atoms in total. The average Bonchev–Trinajstić information content (AvgIpc) is 3.19. The standard InChI is InChI=1S/C26H25ClN6O3/c1-16(34)29-9-8-28-14-17-12-21-25(30-15-17)26(32-33(21)2)31-20-5-3-4-19(24(20)27)18-6-7-22-23(13-18)36-11-10-35-22/h3-7,12-15H,8-11H2,1-2H3,(H,29,34)(H,31,32). The van der Waals surface area contributed by atoms with E-state index in [2.05, 4.69) is 25.7 Å². The van der Waals surface area contributed by atoms with Crippen LogP contribution in [0.4, 0.5) is 11.5 Å². The molecular formula is C26H25ClN6O3. The summed E-state index contributed by atoms with van der Waals surface area (Å²) in [5, 5.41) is 11.2. The lowest BCUT2D eigenvalue weighted by Crippen LogP contribution is -2.22.